The van der Waals surface area contributed by atoms with Gasteiger partial charge in [-0.15, -0.1) is 23.1 Å². The second kappa shape index (κ2) is 7.56. The van der Waals surface area contributed by atoms with Gasteiger partial charge in [-0.05, 0) is 40.2 Å². The number of hydrogen-bond acceptors (Lipinski definition) is 3. The van der Waals surface area contributed by atoms with Gasteiger partial charge in [0.05, 0.1) is 4.34 Å². The minimum Gasteiger partial charge on any atom is -0.311 e. The molecule has 5 heteroatoms. The van der Waals surface area contributed by atoms with Crippen molar-refractivity contribution in [2.75, 3.05) is 12.3 Å². The Balaban J connectivity index is 1.66. The fourth-order valence-electron chi connectivity index (χ4n) is 1.45. The molecule has 1 aromatic heterocycles. The lowest BCUT2D eigenvalue weighted by molar-refractivity contribution is 0.741. The lowest BCUT2D eigenvalue weighted by Crippen LogP contribution is -2.15. The molecule has 1 N–H and O–H groups in total. The van der Waals surface area contributed by atoms with Crippen LogP contribution in [0.5, 0.6) is 0 Å². The van der Waals surface area contributed by atoms with Gasteiger partial charge in [0.1, 0.15) is 0 Å². The van der Waals surface area contributed by atoms with Gasteiger partial charge in [0.25, 0.3) is 0 Å². The monoisotopic (exact) mass is 361 g/mol. The molecule has 1 aromatic carbocycles. The van der Waals surface area contributed by atoms with Crippen LogP contribution in [-0.2, 0) is 6.54 Å². The summed E-state index contributed by atoms with van der Waals surface area (Å²) in [5.41, 5.74) is 0. The van der Waals surface area contributed by atoms with E-state index in [1.807, 2.05) is 23.9 Å². The van der Waals surface area contributed by atoms with Gasteiger partial charge in [0.2, 0.25) is 0 Å². The first-order valence-electron chi connectivity index (χ1n) is 5.58. The lowest BCUT2D eigenvalue weighted by Gasteiger charge is -2.05. The van der Waals surface area contributed by atoms with Crippen molar-refractivity contribution in [3.63, 3.8) is 0 Å². The van der Waals surface area contributed by atoms with Gasteiger partial charge in [-0.2, -0.15) is 0 Å². The Kier molecular flexibility index (Phi) is 6.05. The molecule has 0 bridgehead atoms. The van der Waals surface area contributed by atoms with E-state index in [1.165, 1.54) is 14.2 Å². The molecule has 0 aliphatic heterocycles. The van der Waals surface area contributed by atoms with Crippen molar-refractivity contribution in [2.24, 2.45) is 0 Å². The fourth-order valence-corrected chi connectivity index (χ4v) is 3.99. The van der Waals surface area contributed by atoms with Crippen molar-refractivity contribution >= 4 is 50.6 Å². The van der Waals surface area contributed by atoms with Crippen molar-refractivity contribution < 1.29 is 0 Å². The zero-order chi connectivity index (χ0) is 12.8. The molecule has 0 aliphatic rings. The van der Waals surface area contributed by atoms with Crippen LogP contribution in [0.15, 0.2) is 45.8 Å². The summed E-state index contributed by atoms with van der Waals surface area (Å²) in [5, 5.41) is 3.42. The van der Waals surface area contributed by atoms with Crippen LogP contribution in [0.1, 0.15) is 4.88 Å². The number of nitrogens with one attached hydrogen (secondary N) is 1. The molecule has 96 valence electrons. The third-order valence-corrected chi connectivity index (χ3v) is 5.56. The summed E-state index contributed by atoms with van der Waals surface area (Å²) < 4.78 is 2.02. The van der Waals surface area contributed by atoms with E-state index in [1.54, 1.807) is 11.3 Å². The van der Waals surface area contributed by atoms with Crippen LogP contribution < -0.4 is 5.32 Å². The van der Waals surface area contributed by atoms with E-state index in [4.69, 9.17) is 11.6 Å². The molecule has 18 heavy (non-hydrogen) atoms. The Morgan fingerprint density at radius 1 is 1.22 bits per heavy atom. The van der Waals surface area contributed by atoms with E-state index in [0.29, 0.717) is 0 Å². The molecule has 0 amide bonds. The molecule has 0 saturated heterocycles. The third kappa shape index (κ3) is 4.59. The zero-order valence-electron chi connectivity index (χ0n) is 9.66. The lowest BCUT2D eigenvalue weighted by atomic mass is 10.4. The number of rotatable bonds is 6. The highest BCUT2D eigenvalue weighted by Crippen LogP contribution is 2.26. The molecular formula is C13H13BrClNS2. The van der Waals surface area contributed by atoms with E-state index < -0.39 is 0 Å². The van der Waals surface area contributed by atoms with Crippen molar-refractivity contribution in [1.29, 1.82) is 0 Å². The maximum Gasteiger partial charge on any atom is 0.0931 e. The second-order valence-corrected chi connectivity index (χ2v) is 7.45. The molecule has 0 spiro atoms. The minimum atomic E-state index is 0.856. The van der Waals surface area contributed by atoms with Gasteiger partial charge in [-0.25, -0.2) is 0 Å². The third-order valence-electron chi connectivity index (χ3n) is 2.30. The number of halogens is 2. The van der Waals surface area contributed by atoms with Crippen molar-refractivity contribution in [3.05, 3.63) is 50.1 Å². The Morgan fingerprint density at radius 3 is 2.78 bits per heavy atom. The van der Waals surface area contributed by atoms with E-state index in [0.717, 1.165) is 23.2 Å². The largest absolute Gasteiger partial charge is 0.311 e. The van der Waals surface area contributed by atoms with E-state index in [9.17, 15) is 0 Å². The predicted octanol–water partition coefficient (Wildman–Crippen LogP) is 5.05. The predicted molar refractivity (Wildman–Crippen MR) is 85.9 cm³/mol. The average molecular weight is 363 g/mol. The summed E-state index contributed by atoms with van der Waals surface area (Å²) in [6.07, 6.45) is 0. The van der Waals surface area contributed by atoms with Crippen molar-refractivity contribution in [1.82, 2.24) is 5.32 Å². The summed E-state index contributed by atoms with van der Waals surface area (Å²) in [6.45, 7) is 1.88. The summed E-state index contributed by atoms with van der Waals surface area (Å²) in [5.74, 6) is 1.06. The Bertz CT molecular complexity index is 501. The Morgan fingerprint density at radius 2 is 2.06 bits per heavy atom. The van der Waals surface area contributed by atoms with Crippen LogP contribution in [0.4, 0.5) is 0 Å². The SMILES string of the molecule is Clc1ccc(CNCCSc2ccccc2Br)s1. The molecule has 0 saturated carbocycles. The maximum absolute atomic E-state index is 5.88. The highest BCUT2D eigenvalue weighted by Gasteiger charge is 2.00. The standard InChI is InChI=1S/C13H13BrClNS2/c14-11-3-1-2-4-12(11)17-8-7-16-9-10-5-6-13(15)18-10/h1-6,16H,7-9H2. The molecular weight excluding hydrogens is 350 g/mol. The quantitative estimate of drug-likeness (QED) is 0.570. The molecule has 0 fully saturated rings. The molecule has 2 aromatic rings. The summed E-state index contributed by atoms with van der Waals surface area (Å²) >= 11 is 12.9. The number of thiophene rings is 1. The molecule has 0 radical (unpaired) electrons. The molecule has 0 atom stereocenters. The molecule has 0 aliphatic carbocycles. The topological polar surface area (TPSA) is 12.0 Å². The number of hydrogen-bond donors (Lipinski definition) is 1. The van der Waals surface area contributed by atoms with Crippen LogP contribution in [-0.4, -0.2) is 12.3 Å². The van der Waals surface area contributed by atoms with Crippen LogP contribution in [0.25, 0.3) is 0 Å². The van der Waals surface area contributed by atoms with Gasteiger partial charge in [-0.3, -0.25) is 0 Å². The van der Waals surface area contributed by atoms with Crippen molar-refractivity contribution in [3.8, 4) is 0 Å². The fraction of sp³-hybridized carbons (Fsp3) is 0.231. The molecule has 0 unspecified atom stereocenters. The zero-order valence-corrected chi connectivity index (χ0v) is 13.6. The smallest absolute Gasteiger partial charge is 0.0931 e. The Hall–Kier alpha value is -0.0000000000000000833. The van der Waals surface area contributed by atoms with Gasteiger partial charge in [0, 0.05) is 33.1 Å². The summed E-state index contributed by atoms with van der Waals surface area (Å²) in [6, 6.07) is 12.3. The summed E-state index contributed by atoms with van der Waals surface area (Å²) in [7, 11) is 0. The summed E-state index contributed by atoms with van der Waals surface area (Å²) in [4.78, 5) is 2.57. The van der Waals surface area contributed by atoms with E-state index in [-0.39, 0.29) is 0 Å². The van der Waals surface area contributed by atoms with Crippen molar-refractivity contribution in [2.45, 2.75) is 11.4 Å². The highest BCUT2D eigenvalue weighted by molar-refractivity contribution is 9.10. The second-order valence-electron chi connectivity index (χ2n) is 3.66. The Labute approximate surface area is 129 Å². The van der Waals surface area contributed by atoms with Gasteiger partial charge in [0.15, 0.2) is 0 Å². The molecule has 1 nitrogen and oxygen atoms in total. The van der Waals surface area contributed by atoms with Gasteiger partial charge >= 0.3 is 0 Å². The first-order chi connectivity index (χ1) is 8.75. The molecule has 2 rings (SSSR count). The first kappa shape index (κ1) is 14.4. The minimum absolute atomic E-state index is 0.856. The normalized spacial score (nSPS) is 10.8. The molecule has 1 heterocycles. The number of thioether (sulfide) groups is 1. The first-order valence-corrected chi connectivity index (χ1v) is 8.55. The number of benzene rings is 1. The van der Waals surface area contributed by atoms with Crippen LogP contribution in [0.3, 0.4) is 0 Å². The van der Waals surface area contributed by atoms with Crippen LogP contribution >= 0.6 is 50.6 Å². The van der Waals surface area contributed by atoms with Crippen LogP contribution in [0, 0.1) is 0 Å². The average Bonchev–Trinajstić information content (AvgIpc) is 2.77. The highest BCUT2D eigenvalue weighted by atomic mass is 79.9. The maximum atomic E-state index is 5.88. The van der Waals surface area contributed by atoms with Crippen LogP contribution in [0.2, 0.25) is 4.34 Å². The van der Waals surface area contributed by atoms with E-state index >= 15 is 0 Å². The van der Waals surface area contributed by atoms with Gasteiger partial charge in [-0.1, -0.05) is 23.7 Å². The van der Waals surface area contributed by atoms with E-state index in [2.05, 4.69) is 45.5 Å². The van der Waals surface area contributed by atoms with Gasteiger partial charge < -0.3 is 5.32 Å².